The van der Waals surface area contributed by atoms with Crippen LogP contribution in [0.5, 0.6) is 0 Å². The molecule has 2 aromatic heterocycles. The highest BCUT2D eigenvalue weighted by molar-refractivity contribution is 6.33. The summed E-state index contributed by atoms with van der Waals surface area (Å²) in [5.41, 5.74) is 2.81. The molecule has 1 aromatic carbocycles. The van der Waals surface area contributed by atoms with Crippen LogP contribution in [0.25, 0.3) is 5.69 Å². The Balaban J connectivity index is 1.95. The third kappa shape index (κ3) is 2.90. The maximum absolute atomic E-state index is 6.35. The van der Waals surface area contributed by atoms with E-state index in [4.69, 9.17) is 11.6 Å². The number of hydrogen-bond donors (Lipinski definition) is 1. The number of halogens is 1. The van der Waals surface area contributed by atoms with Crippen LogP contribution in [0.15, 0.2) is 61.3 Å². The van der Waals surface area contributed by atoms with Gasteiger partial charge in [0.1, 0.15) is 0 Å². The van der Waals surface area contributed by atoms with Crippen LogP contribution in [0.2, 0.25) is 5.02 Å². The van der Waals surface area contributed by atoms with Crippen molar-refractivity contribution in [1.82, 2.24) is 14.5 Å². The minimum Gasteiger partial charge on any atom is -0.375 e. The van der Waals surface area contributed by atoms with Gasteiger partial charge in [0.25, 0.3) is 0 Å². The van der Waals surface area contributed by atoms with Crippen molar-refractivity contribution in [2.45, 2.75) is 13.0 Å². The molecule has 0 radical (unpaired) electrons. The van der Waals surface area contributed by atoms with Crippen molar-refractivity contribution in [1.29, 1.82) is 0 Å². The molecular formula is C16H15ClN4. The van der Waals surface area contributed by atoms with Crippen LogP contribution < -0.4 is 5.32 Å². The van der Waals surface area contributed by atoms with Crippen molar-refractivity contribution < 1.29 is 0 Å². The Morgan fingerprint density at radius 2 is 2.05 bits per heavy atom. The topological polar surface area (TPSA) is 42.7 Å². The summed E-state index contributed by atoms with van der Waals surface area (Å²) in [6.45, 7) is 2.07. The summed E-state index contributed by atoms with van der Waals surface area (Å²) in [5.74, 6) is 0. The predicted octanol–water partition coefficient (Wildman–Crippen LogP) is 4.09. The Morgan fingerprint density at radius 3 is 2.76 bits per heavy atom. The standard InChI is InChI=1S/C16H15ClN4/c1-12(14-6-2-3-8-19-14)20-15-7-4-5-13(17)16(15)21-10-9-18-11-21/h2-12,20H,1H3. The van der Waals surface area contributed by atoms with E-state index in [1.165, 1.54) is 0 Å². The molecule has 1 atom stereocenters. The van der Waals surface area contributed by atoms with Gasteiger partial charge in [-0.3, -0.25) is 4.98 Å². The number of imidazole rings is 1. The Labute approximate surface area is 128 Å². The quantitative estimate of drug-likeness (QED) is 0.789. The van der Waals surface area contributed by atoms with Gasteiger partial charge in [-0.15, -0.1) is 0 Å². The number of para-hydroxylation sites is 1. The van der Waals surface area contributed by atoms with Crippen molar-refractivity contribution in [3.63, 3.8) is 0 Å². The van der Waals surface area contributed by atoms with Gasteiger partial charge in [0.15, 0.2) is 0 Å². The molecule has 21 heavy (non-hydrogen) atoms. The summed E-state index contributed by atoms with van der Waals surface area (Å²) in [6.07, 6.45) is 7.13. The highest BCUT2D eigenvalue weighted by Crippen LogP contribution is 2.30. The smallest absolute Gasteiger partial charge is 0.0992 e. The van der Waals surface area contributed by atoms with Crippen molar-refractivity contribution in [2.24, 2.45) is 0 Å². The largest absolute Gasteiger partial charge is 0.375 e. The molecule has 0 aliphatic rings. The first-order valence-electron chi connectivity index (χ1n) is 6.70. The first-order chi connectivity index (χ1) is 10.3. The fourth-order valence-electron chi connectivity index (χ4n) is 2.22. The number of benzene rings is 1. The molecular weight excluding hydrogens is 284 g/mol. The first-order valence-corrected chi connectivity index (χ1v) is 7.08. The fraction of sp³-hybridized carbons (Fsp3) is 0.125. The van der Waals surface area contributed by atoms with E-state index < -0.39 is 0 Å². The van der Waals surface area contributed by atoms with E-state index in [-0.39, 0.29) is 6.04 Å². The third-order valence-electron chi connectivity index (χ3n) is 3.25. The number of hydrogen-bond acceptors (Lipinski definition) is 3. The monoisotopic (exact) mass is 298 g/mol. The Bertz CT molecular complexity index is 710. The van der Waals surface area contributed by atoms with Crippen LogP contribution in [0.4, 0.5) is 5.69 Å². The molecule has 0 aliphatic heterocycles. The normalized spacial score (nSPS) is 12.1. The van der Waals surface area contributed by atoms with Gasteiger partial charge in [0.05, 0.1) is 34.5 Å². The molecule has 0 saturated carbocycles. The van der Waals surface area contributed by atoms with E-state index >= 15 is 0 Å². The predicted molar refractivity (Wildman–Crippen MR) is 84.8 cm³/mol. The zero-order chi connectivity index (χ0) is 14.7. The van der Waals surface area contributed by atoms with Crippen LogP contribution in [0, 0.1) is 0 Å². The van der Waals surface area contributed by atoms with Gasteiger partial charge in [-0.05, 0) is 31.2 Å². The Kier molecular flexibility index (Phi) is 3.88. The van der Waals surface area contributed by atoms with Crippen LogP contribution >= 0.6 is 11.6 Å². The maximum Gasteiger partial charge on any atom is 0.0992 e. The van der Waals surface area contributed by atoms with E-state index in [2.05, 4.69) is 22.2 Å². The van der Waals surface area contributed by atoms with Crippen LogP contribution in [-0.2, 0) is 0 Å². The number of pyridine rings is 1. The average Bonchev–Trinajstić information content (AvgIpc) is 3.02. The fourth-order valence-corrected chi connectivity index (χ4v) is 2.50. The second kappa shape index (κ2) is 5.97. The molecule has 1 unspecified atom stereocenters. The molecule has 0 aliphatic carbocycles. The van der Waals surface area contributed by atoms with Gasteiger partial charge < -0.3 is 9.88 Å². The summed E-state index contributed by atoms with van der Waals surface area (Å²) in [5, 5.41) is 4.13. The second-order valence-corrected chi connectivity index (χ2v) is 5.13. The van der Waals surface area contributed by atoms with Gasteiger partial charge >= 0.3 is 0 Å². The summed E-state index contributed by atoms with van der Waals surface area (Å²) < 4.78 is 1.90. The van der Waals surface area contributed by atoms with Crippen molar-refractivity contribution in [3.05, 3.63) is 72.0 Å². The van der Waals surface area contributed by atoms with Gasteiger partial charge in [0.2, 0.25) is 0 Å². The highest BCUT2D eigenvalue weighted by Gasteiger charge is 2.12. The molecule has 3 aromatic rings. The minimum atomic E-state index is 0.0759. The third-order valence-corrected chi connectivity index (χ3v) is 3.56. The summed E-state index contributed by atoms with van der Waals surface area (Å²) >= 11 is 6.35. The molecule has 2 heterocycles. The van der Waals surface area contributed by atoms with Crippen molar-refractivity contribution >= 4 is 17.3 Å². The van der Waals surface area contributed by atoms with Crippen molar-refractivity contribution in [2.75, 3.05) is 5.32 Å². The Hall–Kier alpha value is -2.33. The Morgan fingerprint density at radius 1 is 1.14 bits per heavy atom. The van der Waals surface area contributed by atoms with E-state index in [1.807, 2.05) is 47.2 Å². The molecule has 0 amide bonds. The van der Waals surface area contributed by atoms with Gasteiger partial charge in [-0.25, -0.2) is 4.98 Å². The van der Waals surface area contributed by atoms with Crippen LogP contribution in [0.3, 0.4) is 0 Å². The molecule has 106 valence electrons. The number of nitrogens with zero attached hydrogens (tertiary/aromatic N) is 3. The first kappa shape index (κ1) is 13.6. The maximum atomic E-state index is 6.35. The summed E-state index contributed by atoms with van der Waals surface area (Å²) in [7, 11) is 0. The number of nitrogens with one attached hydrogen (secondary N) is 1. The molecule has 1 N–H and O–H groups in total. The van der Waals surface area contributed by atoms with E-state index in [1.54, 1.807) is 18.7 Å². The highest BCUT2D eigenvalue weighted by atomic mass is 35.5. The zero-order valence-electron chi connectivity index (χ0n) is 11.6. The number of aromatic nitrogens is 3. The number of rotatable bonds is 4. The lowest BCUT2D eigenvalue weighted by atomic mass is 10.2. The van der Waals surface area contributed by atoms with E-state index in [0.29, 0.717) is 5.02 Å². The lowest BCUT2D eigenvalue weighted by Gasteiger charge is -2.19. The molecule has 3 rings (SSSR count). The SMILES string of the molecule is CC(Nc1cccc(Cl)c1-n1ccnc1)c1ccccn1. The minimum absolute atomic E-state index is 0.0759. The lowest BCUT2D eigenvalue weighted by Crippen LogP contribution is -2.10. The van der Waals surface area contributed by atoms with E-state index in [0.717, 1.165) is 17.1 Å². The van der Waals surface area contributed by atoms with Gasteiger partial charge in [-0.2, -0.15) is 0 Å². The molecule has 4 nitrogen and oxygen atoms in total. The van der Waals surface area contributed by atoms with Crippen LogP contribution in [-0.4, -0.2) is 14.5 Å². The van der Waals surface area contributed by atoms with Gasteiger partial charge in [-0.1, -0.05) is 23.7 Å². The molecule has 0 spiro atoms. The van der Waals surface area contributed by atoms with E-state index in [9.17, 15) is 0 Å². The summed E-state index contributed by atoms with van der Waals surface area (Å²) in [6, 6.07) is 11.8. The summed E-state index contributed by atoms with van der Waals surface area (Å²) in [4.78, 5) is 8.46. The van der Waals surface area contributed by atoms with Gasteiger partial charge in [0, 0.05) is 18.6 Å². The second-order valence-electron chi connectivity index (χ2n) is 4.73. The molecule has 0 bridgehead atoms. The molecule has 5 heteroatoms. The lowest BCUT2D eigenvalue weighted by molar-refractivity contribution is 0.836. The van der Waals surface area contributed by atoms with Crippen molar-refractivity contribution in [3.8, 4) is 5.69 Å². The van der Waals surface area contributed by atoms with Crippen LogP contribution in [0.1, 0.15) is 18.7 Å². The molecule has 0 fully saturated rings. The molecule has 0 saturated heterocycles. The number of anilines is 1. The zero-order valence-corrected chi connectivity index (χ0v) is 12.3. The average molecular weight is 299 g/mol.